The molecule has 0 saturated heterocycles. The minimum absolute atomic E-state index is 0.0376. The van der Waals surface area contributed by atoms with Crippen molar-refractivity contribution in [1.29, 1.82) is 0 Å². The highest BCUT2D eigenvalue weighted by Gasteiger charge is 2.28. The van der Waals surface area contributed by atoms with E-state index in [1.54, 1.807) is 0 Å². The summed E-state index contributed by atoms with van der Waals surface area (Å²) >= 11 is 0. The minimum atomic E-state index is -2.97. The molecule has 0 bridgehead atoms. The van der Waals surface area contributed by atoms with E-state index in [2.05, 4.69) is 17.2 Å². The number of hydrogen-bond donors (Lipinski definition) is 2. The number of hydrogen-bond acceptors (Lipinski definition) is 4. The Morgan fingerprint density at radius 1 is 1.25 bits per heavy atom. The summed E-state index contributed by atoms with van der Waals surface area (Å²) in [5, 5.41) is 5.13. The van der Waals surface area contributed by atoms with E-state index in [9.17, 15) is 18.0 Å². The molecule has 0 aromatic carbocycles. The molecule has 0 radical (unpaired) electrons. The molecule has 0 aliphatic heterocycles. The Balaban J connectivity index is 2.25. The summed E-state index contributed by atoms with van der Waals surface area (Å²) in [4.78, 5) is 22.5. The Bertz CT molecular complexity index is 465. The molecule has 1 rings (SSSR count). The van der Waals surface area contributed by atoms with Crippen LogP contribution in [-0.2, 0) is 19.4 Å². The van der Waals surface area contributed by atoms with Gasteiger partial charge in [-0.1, -0.05) is 6.58 Å². The lowest BCUT2D eigenvalue weighted by atomic mass is 9.95. The van der Waals surface area contributed by atoms with Crippen LogP contribution in [0.2, 0.25) is 0 Å². The van der Waals surface area contributed by atoms with Crippen molar-refractivity contribution in [1.82, 2.24) is 10.6 Å². The van der Waals surface area contributed by atoms with Gasteiger partial charge in [-0.2, -0.15) is 0 Å². The topological polar surface area (TPSA) is 92.3 Å². The number of nitrogens with one attached hydrogen (secondary N) is 2. The third-order valence-electron chi connectivity index (χ3n) is 3.48. The second-order valence-electron chi connectivity index (χ2n) is 5.12. The zero-order valence-electron chi connectivity index (χ0n) is 11.7. The summed E-state index contributed by atoms with van der Waals surface area (Å²) in [6.45, 7) is 3.59. The van der Waals surface area contributed by atoms with Crippen molar-refractivity contribution in [2.75, 3.05) is 12.8 Å². The van der Waals surface area contributed by atoms with E-state index in [0.29, 0.717) is 25.7 Å². The summed E-state index contributed by atoms with van der Waals surface area (Å²) in [6.07, 6.45) is 5.19. The van der Waals surface area contributed by atoms with Crippen molar-refractivity contribution in [2.45, 2.75) is 43.4 Å². The molecule has 7 heteroatoms. The molecule has 0 unspecified atom stereocenters. The molecule has 1 saturated carbocycles. The summed E-state index contributed by atoms with van der Waals surface area (Å²) in [5.74, 6) is -0.427. The van der Waals surface area contributed by atoms with Crippen molar-refractivity contribution >= 4 is 21.7 Å². The van der Waals surface area contributed by atoms with Gasteiger partial charge in [0.2, 0.25) is 11.8 Å². The molecule has 0 atom stereocenters. The lowest BCUT2D eigenvalue weighted by Gasteiger charge is -2.28. The van der Waals surface area contributed by atoms with Crippen molar-refractivity contribution in [3.05, 3.63) is 12.7 Å². The first-order valence-electron chi connectivity index (χ1n) is 6.71. The van der Waals surface area contributed by atoms with Crippen LogP contribution in [0.3, 0.4) is 0 Å². The minimum Gasteiger partial charge on any atom is -0.353 e. The monoisotopic (exact) mass is 302 g/mol. The predicted octanol–water partition coefficient (Wildman–Crippen LogP) is 0.151. The van der Waals surface area contributed by atoms with Crippen molar-refractivity contribution in [3.8, 4) is 0 Å². The van der Waals surface area contributed by atoms with Crippen LogP contribution in [0.25, 0.3) is 0 Å². The maximum atomic E-state index is 11.7. The largest absolute Gasteiger partial charge is 0.353 e. The average molecular weight is 302 g/mol. The molecule has 0 aromatic rings. The lowest BCUT2D eigenvalue weighted by Crippen LogP contribution is -2.41. The van der Waals surface area contributed by atoms with Crippen LogP contribution >= 0.6 is 0 Å². The van der Waals surface area contributed by atoms with Crippen LogP contribution in [-0.4, -0.2) is 44.3 Å². The van der Waals surface area contributed by atoms with Gasteiger partial charge < -0.3 is 10.6 Å². The van der Waals surface area contributed by atoms with Crippen molar-refractivity contribution < 1.29 is 18.0 Å². The van der Waals surface area contributed by atoms with Crippen molar-refractivity contribution in [3.63, 3.8) is 0 Å². The molecule has 2 amide bonds. The Morgan fingerprint density at radius 2 is 1.85 bits per heavy atom. The second kappa shape index (κ2) is 7.42. The van der Waals surface area contributed by atoms with Gasteiger partial charge in [0.25, 0.3) is 0 Å². The van der Waals surface area contributed by atoms with Gasteiger partial charge in [-0.25, -0.2) is 8.42 Å². The molecule has 0 heterocycles. The first-order chi connectivity index (χ1) is 9.32. The van der Waals surface area contributed by atoms with Gasteiger partial charge in [0, 0.05) is 25.3 Å². The van der Waals surface area contributed by atoms with E-state index >= 15 is 0 Å². The summed E-state index contributed by atoms with van der Waals surface area (Å²) in [7, 11) is -2.97. The first kappa shape index (κ1) is 16.7. The van der Waals surface area contributed by atoms with Crippen LogP contribution in [0, 0.1) is 0 Å². The van der Waals surface area contributed by atoms with E-state index in [-0.39, 0.29) is 36.1 Å². The predicted molar refractivity (Wildman–Crippen MR) is 76.9 cm³/mol. The van der Waals surface area contributed by atoms with Gasteiger partial charge in [0.15, 0.2) is 0 Å². The number of sulfone groups is 1. The molecule has 20 heavy (non-hydrogen) atoms. The number of rotatable bonds is 6. The Morgan fingerprint density at radius 3 is 2.35 bits per heavy atom. The van der Waals surface area contributed by atoms with Crippen LogP contribution in [0.5, 0.6) is 0 Å². The third kappa shape index (κ3) is 5.73. The van der Waals surface area contributed by atoms with E-state index in [0.717, 1.165) is 6.08 Å². The van der Waals surface area contributed by atoms with E-state index in [1.807, 2.05) is 0 Å². The Kier molecular flexibility index (Phi) is 6.19. The number of carbonyl (C=O) groups is 2. The van der Waals surface area contributed by atoms with Gasteiger partial charge in [-0.05, 0) is 31.8 Å². The molecule has 6 nitrogen and oxygen atoms in total. The van der Waals surface area contributed by atoms with Crippen LogP contribution < -0.4 is 10.6 Å². The third-order valence-corrected chi connectivity index (χ3v) is 5.16. The first-order valence-corrected chi connectivity index (χ1v) is 8.67. The van der Waals surface area contributed by atoms with Crippen LogP contribution in [0.1, 0.15) is 32.1 Å². The summed E-state index contributed by atoms with van der Waals surface area (Å²) < 4.78 is 22.8. The molecule has 1 aliphatic rings. The SMILES string of the molecule is C=CC(=O)NCCC(=O)NC1CCC(S(C)(=O)=O)CC1. The Hall–Kier alpha value is -1.37. The smallest absolute Gasteiger partial charge is 0.243 e. The van der Waals surface area contributed by atoms with Crippen LogP contribution in [0.15, 0.2) is 12.7 Å². The average Bonchev–Trinajstić information content (AvgIpc) is 2.38. The number of carbonyl (C=O) groups excluding carboxylic acids is 2. The summed E-state index contributed by atoms with van der Waals surface area (Å²) in [5.41, 5.74) is 0. The quantitative estimate of drug-likeness (QED) is 0.683. The van der Waals surface area contributed by atoms with E-state index in [4.69, 9.17) is 0 Å². The molecule has 0 aromatic heterocycles. The van der Waals surface area contributed by atoms with Gasteiger partial charge in [-0.15, -0.1) is 0 Å². The molecule has 0 spiro atoms. The maximum absolute atomic E-state index is 11.7. The fraction of sp³-hybridized carbons (Fsp3) is 0.692. The highest BCUT2D eigenvalue weighted by molar-refractivity contribution is 7.91. The fourth-order valence-corrected chi connectivity index (χ4v) is 3.44. The van der Waals surface area contributed by atoms with Gasteiger partial charge in [0.1, 0.15) is 9.84 Å². The highest BCUT2D eigenvalue weighted by atomic mass is 32.2. The molecule has 114 valence electrons. The highest BCUT2D eigenvalue weighted by Crippen LogP contribution is 2.23. The molecular formula is C13H22N2O4S. The van der Waals surface area contributed by atoms with E-state index in [1.165, 1.54) is 6.26 Å². The molecule has 2 N–H and O–H groups in total. The zero-order chi connectivity index (χ0) is 15.2. The summed E-state index contributed by atoms with van der Waals surface area (Å²) in [6, 6.07) is 0.0376. The van der Waals surface area contributed by atoms with Gasteiger partial charge >= 0.3 is 0 Å². The lowest BCUT2D eigenvalue weighted by molar-refractivity contribution is -0.122. The Labute approximate surface area is 119 Å². The van der Waals surface area contributed by atoms with Gasteiger partial charge in [0.05, 0.1) is 5.25 Å². The van der Waals surface area contributed by atoms with Crippen molar-refractivity contribution in [2.24, 2.45) is 0 Å². The standard InChI is InChI=1S/C13H22N2O4S/c1-3-12(16)14-9-8-13(17)15-10-4-6-11(7-5-10)20(2,18)19/h3,10-11H,1,4-9H2,2H3,(H,14,16)(H,15,17). The normalized spacial score (nSPS) is 22.9. The molecule has 1 fully saturated rings. The van der Waals surface area contributed by atoms with Crippen LogP contribution in [0.4, 0.5) is 0 Å². The second-order valence-corrected chi connectivity index (χ2v) is 7.44. The van der Waals surface area contributed by atoms with E-state index < -0.39 is 9.84 Å². The number of amides is 2. The van der Waals surface area contributed by atoms with Gasteiger partial charge in [-0.3, -0.25) is 9.59 Å². The molecule has 1 aliphatic carbocycles. The maximum Gasteiger partial charge on any atom is 0.243 e. The fourth-order valence-electron chi connectivity index (χ4n) is 2.31. The zero-order valence-corrected chi connectivity index (χ0v) is 12.5. The molecular weight excluding hydrogens is 280 g/mol.